The predicted molar refractivity (Wildman–Crippen MR) is 166 cm³/mol. The number of Topliss-reactive ketones (excluding diaryl/α,β-unsaturated/α-hetero) is 1. The molecule has 0 saturated heterocycles. The highest BCUT2D eigenvalue weighted by Gasteiger charge is 2.31. The number of nitrogens with one attached hydrogen (secondary N) is 1. The number of nitrogens with two attached hydrogens (primary N) is 1. The Bertz CT molecular complexity index is 2110. The van der Waals surface area contributed by atoms with E-state index in [4.69, 9.17) is 20.7 Å². The van der Waals surface area contributed by atoms with Gasteiger partial charge in [-0.25, -0.2) is 4.79 Å². The molecule has 4 rings (SSSR count). The van der Waals surface area contributed by atoms with E-state index >= 15 is 0 Å². The van der Waals surface area contributed by atoms with Gasteiger partial charge in [0, 0.05) is 40.0 Å². The molecular formula is C27H24N2O12S4. The zero-order chi connectivity index (χ0) is 33.3. The Kier molecular flexibility index (Phi) is 9.95. The van der Waals surface area contributed by atoms with Crippen molar-refractivity contribution < 1.29 is 55.0 Å². The van der Waals surface area contributed by atoms with Crippen molar-refractivity contribution in [2.75, 3.05) is 17.2 Å². The van der Waals surface area contributed by atoms with Crippen molar-refractivity contribution in [3.05, 3.63) is 58.9 Å². The van der Waals surface area contributed by atoms with Crippen molar-refractivity contribution in [1.29, 1.82) is 5.41 Å². The summed E-state index contributed by atoms with van der Waals surface area (Å²) >= 11 is 0. The number of aliphatic carboxylic acids is 1. The molecule has 2 aromatic carbocycles. The Morgan fingerprint density at radius 3 is 2.11 bits per heavy atom. The number of carbonyl (C=O) groups is 3. The van der Waals surface area contributed by atoms with Gasteiger partial charge in [-0.05, 0) is 42.3 Å². The van der Waals surface area contributed by atoms with Crippen LogP contribution in [-0.4, -0.2) is 65.4 Å². The number of anilines is 1. The zero-order valence-corrected chi connectivity index (χ0v) is 26.1. The fourth-order valence-corrected chi connectivity index (χ4v) is 8.14. The van der Waals surface area contributed by atoms with Crippen LogP contribution in [0.3, 0.4) is 0 Å². The number of rotatable bonds is 13. The predicted octanol–water partition coefficient (Wildman–Crippen LogP) is 4.28. The molecule has 18 heteroatoms. The summed E-state index contributed by atoms with van der Waals surface area (Å²) in [5.41, 5.74) is 3.90. The molecule has 0 amide bonds. The number of carbonyl (C=O) groups excluding carboxylic acids is 1. The summed E-state index contributed by atoms with van der Waals surface area (Å²) in [7, 11) is -7.52. The first-order valence-electron chi connectivity index (χ1n) is 12.7. The van der Waals surface area contributed by atoms with Gasteiger partial charge in [0.25, 0.3) is 20.2 Å². The van der Waals surface area contributed by atoms with Gasteiger partial charge in [0.1, 0.15) is 0 Å². The van der Waals surface area contributed by atoms with E-state index in [9.17, 15) is 45.4 Å². The maximum absolute atomic E-state index is 12.9. The molecular weight excluding hydrogens is 673 g/mol. The van der Waals surface area contributed by atoms with Gasteiger partial charge in [0.05, 0.1) is 23.0 Å². The summed E-state index contributed by atoms with van der Waals surface area (Å²) < 4.78 is 74.8. The minimum Gasteiger partial charge on any atom is -0.481 e. The average molecular weight is 697 g/mol. The molecule has 1 aliphatic heterocycles. The van der Waals surface area contributed by atoms with E-state index in [1.54, 1.807) is 0 Å². The standard InChI is InChI=1S/C27H24N2O12S4/c28-18-7-5-15-22(16-6-8-19(29)26(45(38,39)40)24(16)41-23(15)25(18)44(35,36)37)14-4-3-13(12-17(14)27(33)34)20(30)2-1-10-42-43-11-9-21(31)32/h3-8,12,28H,1-2,9-11,29H2,(H,31,32)(H,33,34)(H,35,36,37)(H,38,39,40). The van der Waals surface area contributed by atoms with Gasteiger partial charge in [-0.3, -0.25) is 24.1 Å². The summed E-state index contributed by atoms with van der Waals surface area (Å²) in [5.74, 6) is -2.56. The number of hydrogen-bond acceptors (Lipinski definition) is 12. The van der Waals surface area contributed by atoms with Gasteiger partial charge in [-0.1, -0.05) is 33.7 Å². The van der Waals surface area contributed by atoms with Gasteiger partial charge in [0.15, 0.2) is 26.9 Å². The number of aromatic carboxylic acids is 1. The highest BCUT2D eigenvalue weighted by atomic mass is 33.1. The Hall–Kier alpha value is -3.94. The number of hydrogen-bond donors (Lipinski definition) is 6. The summed E-state index contributed by atoms with van der Waals surface area (Å²) in [6, 6.07) is 8.31. The molecule has 2 aromatic rings. The molecule has 0 saturated carbocycles. The number of nitrogen functional groups attached to an aromatic ring is 1. The lowest BCUT2D eigenvalue weighted by Crippen LogP contribution is -2.16. The van der Waals surface area contributed by atoms with E-state index < -0.39 is 69.9 Å². The molecule has 0 atom stereocenters. The van der Waals surface area contributed by atoms with Gasteiger partial charge < -0.3 is 20.4 Å². The summed E-state index contributed by atoms with van der Waals surface area (Å²) in [6.45, 7) is 0. The Balaban J connectivity index is 1.90. The van der Waals surface area contributed by atoms with Crippen molar-refractivity contribution in [2.45, 2.75) is 29.1 Å². The van der Waals surface area contributed by atoms with Gasteiger partial charge >= 0.3 is 11.9 Å². The second-order valence-corrected chi connectivity index (χ2v) is 14.9. The molecule has 1 heterocycles. The monoisotopic (exact) mass is 696 g/mol. The quantitative estimate of drug-likeness (QED) is 0.0284. The zero-order valence-electron chi connectivity index (χ0n) is 22.8. The van der Waals surface area contributed by atoms with Crippen LogP contribution >= 0.6 is 21.6 Å². The minimum atomic E-state index is -5.17. The largest absolute Gasteiger partial charge is 0.481 e. The lowest BCUT2D eigenvalue weighted by molar-refractivity contribution is -0.136. The SMILES string of the molecule is N=c1ccc2c(-c3ccc(C(=O)CCCSSCCC(=O)O)cc3C(=O)O)c3ccc(N)c(S(=O)(=O)O)c3oc-2c1S(=O)(=O)O. The number of carboxylic acid groups (broad SMARTS) is 2. The highest BCUT2D eigenvalue weighted by Crippen LogP contribution is 2.45. The molecule has 0 aromatic heterocycles. The molecule has 0 fully saturated rings. The molecule has 0 spiro atoms. The first-order chi connectivity index (χ1) is 21.0. The molecule has 2 aliphatic rings. The van der Waals surface area contributed by atoms with Crippen molar-refractivity contribution >= 4 is 76.2 Å². The Morgan fingerprint density at radius 2 is 1.49 bits per heavy atom. The van der Waals surface area contributed by atoms with Gasteiger partial charge in [-0.2, -0.15) is 16.8 Å². The Labute approximate surface area is 263 Å². The molecule has 238 valence electrons. The van der Waals surface area contributed by atoms with E-state index in [1.165, 1.54) is 45.9 Å². The average Bonchev–Trinajstić information content (AvgIpc) is 2.93. The maximum atomic E-state index is 12.9. The lowest BCUT2D eigenvalue weighted by atomic mass is 9.89. The smallest absolute Gasteiger partial charge is 0.336 e. The first-order valence-corrected chi connectivity index (χ1v) is 18.1. The fourth-order valence-electron chi connectivity index (χ4n) is 4.59. The van der Waals surface area contributed by atoms with E-state index in [2.05, 4.69) is 0 Å². The van der Waals surface area contributed by atoms with Gasteiger partial charge in [-0.15, -0.1) is 0 Å². The molecule has 0 bridgehead atoms. The van der Waals surface area contributed by atoms with Crippen molar-refractivity contribution in [3.8, 4) is 22.5 Å². The topological polar surface area (TPSA) is 263 Å². The lowest BCUT2D eigenvalue weighted by Gasteiger charge is -2.20. The van der Waals surface area contributed by atoms with Crippen LogP contribution in [0.5, 0.6) is 0 Å². The van der Waals surface area contributed by atoms with Crippen LogP contribution in [0.25, 0.3) is 33.4 Å². The van der Waals surface area contributed by atoms with E-state index in [0.29, 0.717) is 17.9 Å². The third-order valence-electron chi connectivity index (χ3n) is 6.47. The maximum Gasteiger partial charge on any atom is 0.336 e. The van der Waals surface area contributed by atoms with E-state index in [-0.39, 0.29) is 46.3 Å². The first kappa shape index (κ1) is 33.9. The fraction of sp³-hybridized carbons (Fsp3) is 0.185. The summed E-state index contributed by atoms with van der Waals surface area (Å²) in [5, 5.41) is 26.1. The molecule has 7 N–H and O–H groups in total. The van der Waals surface area contributed by atoms with Gasteiger partial charge in [0.2, 0.25) is 0 Å². The second kappa shape index (κ2) is 13.2. The van der Waals surface area contributed by atoms with E-state index in [0.717, 1.165) is 18.2 Å². The van der Waals surface area contributed by atoms with Crippen molar-refractivity contribution in [2.24, 2.45) is 0 Å². The van der Waals surface area contributed by atoms with Crippen LogP contribution in [0.1, 0.15) is 40.0 Å². The van der Waals surface area contributed by atoms with Crippen LogP contribution in [0.15, 0.2) is 56.7 Å². The molecule has 45 heavy (non-hydrogen) atoms. The third-order valence-corrected chi connectivity index (χ3v) is 10.8. The van der Waals surface area contributed by atoms with Crippen LogP contribution in [0, 0.1) is 5.41 Å². The third kappa shape index (κ3) is 7.32. The van der Waals surface area contributed by atoms with Crippen LogP contribution in [-0.2, 0) is 25.0 Å². The Morgan fingerprint density at radius 1 is 0.844 bits per heavy atom. The second-order valence-electron chi connectivity index (χ2n) is 9.49. The highest BCUT2D eigenvalue weighted by molar-refractivity contribution is 8.76. The number of carboxylic acids is 2. The number of ketones is 1. The summed E-state index contributed by atoms with van der Waals surface area (Å²) in [6.07, 6.45) is 0.492. The molecule has 14 nitrogen and oxygen atoms in total. The minimum absolute atomic E-state index is 0.00685. The molecule has 0 unspecified atom stereocenters. The summed E-state index contributed by atoms with van der Waals surface area (Å²) in [4.78, 5) is 34.0. The van der Waals surface area contributed by atoms with Crippen LogP contribution in [0.2, 0.25) is 0 Å². The number of fused-ring (bicyclic) bond motifs is 2. The van der Waals surface area contributed by atoms with Crippen LogP contribution < -0.4 is 11.1 Å². The van der Waals surface area contributed by atoms with E-state index in [1.807, 2.05) is 0 Å². The molecule has 1 aliphatic carbocycles. The number of benzene rings is 3. The molecule has 0 radical (unpaired) electrons. The van der Waals surface area contributed by atoms with Crippen molar-refractivity contribution in [3.63, 3.8) is 0 Å². The van der Waals surface area contributed by atoms with Crippen molar-refractivity contribution in [1.82, 2.24) is 0 Å². The normalized spacial score (nSPS) is 12.0. The van der Waals surface area contributed by atoms with Crippen LogP contribution in [0.4, 0.5) is 5.69 Å².